The van der Waals surface area contributed by atoms with Gasteiger partial charge in [-0.25, -0.2) is 8.42 Å². The number of esters is 1. The van der Waals surface area contributed by atoms with Gasteiger partial charge in [0.1, 0.15) is 16.7 Å². The normalized spacial score (nSPS) is 13.0. The zero-order valence-corrected chi connectivity index (χ0v) is 16.8. The second-order valence-electron chi connectivity index (χ2n) is 5.69. The highest BCUT2D eigenvalue weighted by atomic mass is 32.2. The molecule has 29 heavy (non-hydrogen) atoms. The molecule has 1 N–H and O–H groups in total. The number of thioether (sulfide) groups is 1. The van der Waals surface area contributed by atoms with Crippen molar-refractivity contribution in [2.75, 3.05) is 12.9 Å². The standard InChI is InChI=1S/C18H18F3NO5S2/c1-26-17(23)14(12-28-11-13-7-3-2-4-8-13)22-29(24,25)16-10-6-5-9-15(16)27-18(19,20)21/h2-10,14,22H,11-12H2,1H3. The molecule has 158 valence electrons. The van der Waals surface area contributed by atoms with E-state index in [1.165, 1.54) is 23.9 Å². The highest BCUT2D eigenvalue weighted by molar-refractivity contribution is 7.98. The van der Waals surface area contributed by atoms with Crippen LogP contribution in [0, 0.1) is 0 Å². The number of alkyl halides is 3. The fraction of sp³-hybridized carbons (Fsp3) is 0.278. The van der Waals surface area contributed by atoms with E-state index >= 15 is 0 Å². The Kier molecular flexibility index (Phi) is 7.94. The Bertz CT molecular complexity index is 921. The van der Waals surface area contributed by atoms with Gasteiger partial charge in [0.25, 0.3) is 0 Å². The molecule has 11 heteroatoms. The Balaban J connectivity index is 2.16. The Morgan fingerprint density at radius 3 is 2.34 bits per heavy atom. The molecule has 6 nitrogen and oxygen atoms in total. The minimum Gasteiger partial charge on any atom is -0.468 e. The van der Waals surface area contributed by atoms with E-state index in [9.17, 15) is 26.4 Å². The van der Waals surface area contributed by atoms with Gasteiger partial charge < -0.3 is 9.47 Å². The number of hydrogen-bond acceptors (Lipinski definition) is 6. The summed E-state index contributed by atoms with van der Waals surface area (Å²) in [5.41, 5.74) is 0.966. The number of carbonyl (C=O) groups excluding carboxylic acids is 1. The van der Waals surface area contributed by atoms with Gasteiger partial charge in [-0.15, -0.1) is 13.2 Å². The predicted molar refractivity (Wildman–Crippen MR) is 102 cm³/mol. The molecule has 0 saturated heterocycles. The summed E-state index contributed by atoms with van der Waals surface area (Å²) in [4.78, 5) is 11.3. The first-order valence-electron chi connectivity index (χ1n) is 8.19. The van der Waals surface area contributed by atoms with Gasteiger partial charge >= 0.3 is 12.3 Å². The first-order valence-corrected chi connectivity index (χ1v) is 10.8. The molecule has 0 aromatic heterocycles. The number of rotatable bonds is 9. The molecule has 2 aromatic rings. The lowest BCUT2D eigenvalue weighted by Crippen LogP contribution is -2.43. The number of ether oxygens (including phenoxy) is 2. The summed E-state index contributed by atoms with van der Waals surface area (Å²) in [5.74, 6) is -1.23. The van der Waals surface area contributed by atoms with Gasteiger partial charge in [-0.05, 0) is 17.7 Å². The molecule has 2 aromatic carbocycles. The number of hydrogen-bond donors (Lipinski definition) is 1. The second-order valence-corrected chi connectivity index (χ2v) is 8.40. The summed E-state index contributed by atoms with van der Waals surface area (Å²) in [6, 6.07) is 12.3. The predicted octanol–water partition coefficient (Wildman–Crippen LogP) is 3.34. The maximum absolute atomic E-state index is 12.6. The van der Waals surface area contributed by atoms with Crippen molar-refractivity contribution in [2.24, 2.45) is 0 Å². The van der Waals surface area contributed by atoms with Crippen LogP contribution in [0.1, 0.15) is 5.56 Å². The number of halogens is 3. The summed E-state index contributed by atoms with van der Waals surface area (Å²) < 4.78 is 73.5. The van der Waals surface area contributed by atoms with Gasteiger partial charge in [0, 0.05) is 11.5 Å². The number of sulfonamides is 1. The Labute approximate surface area is 170 Å². The minimum absolute atomic E-state index is 0.0170. The number of benzene rings is 2. The van der Waals surface area contributed by atoms with Crippen LogP contribution in [-0.2, 0) is 25.3 Å². The fourth-order valence-electron chi connectivity index (χ4n) is 2.29. The molecule has 0 amide bonds. The van der Waals surface area contributed by atoms with Crippen LogP contribution in [0.2, 0.25) is 0 Å². The number of para-hydroxylation sites is 1. The van der Waals surface area contributed by atoms with Crippen LogP contribution in [0.4, 0.5) is 13.2 Å². The van der Waals surface area contributed by atoms with Gasteiger partial charge in [0.2, 0.25) is 10.0 Å². The molecule has 0 aliphatic rings. The van der Waals surface area contributed by atoms with Crippen molar-refractivity contribution < 1.29 is 35.9 Å². The summed E-state index contributed by atoms with van der Waals surface area (Å²) in [6.45, 7) is 0. The largest absolute Gasteiger partial charge is 0.573 e. The Morgan fingerprint density at radius 1 is 1.10 bits per heavy atom. The Morgan fingerprint density at radius 2 is 1.72 bits per heavy atom. The average Bonchev–Trinajstić information content (AvgIpc) is 2.66. The number of methoxy groups -OCH3 is 1. The van der Waals surface area contributed by atoms with Crippen LogP contribution in [0.3, 0.4) is 0 Å². The van der Waals surface area contributed by atoms with Crippen LogP contribution < -0.4 is 9.46 Å². The first-order chi connectivity index (χ1) is 13.6. The molecule has 0 saturated carbocycles. The van der Waals surface area contributed by atoms with Gasteiger partial charge in [-0.3, -0.25) is 4.79 Å². The maximum atomic E-state index is 12.6. The highest BCUT2D eigenvalue weighted by Crippen LogP contribution is 2.29. The summed E-state index contributed by atoms with van der Waals surface area (Å²) in [5, 5.41) is 0. The highest BCUT2D eigenvalue weighted by Gasteiger charge is 2.35. The van der Waals surface area contributed by atoms with Gasteiger partial charge in [-0.2, -0.15) is 16.5 Å². The maximum Gasteiger partial charge on any atom is 0.573 e. The molecule has 0 aliphatic carbocycles. The molecule has 2 rings (SSSR count). The molecule has 0 fully saturated rings. The molecular weight excluding hydrogens is 431 g/mol. The van der Waals surface area contributed by atoms with E-state index in [1.807, 2.05) is 30.3 Å². The quantitative estimate of drug-likeness (QED) is 0.592. The number of nitrogens with one attached hydrogen (secondary N) is 1. The minimum atomic E-state index is -5.07. The third-order valence-corrected chi connectivity index (χ3v) is 6.16. The van der Waals surface area contributed by atoms with Crippen molar-refractivity contribution in [1.82, 2.24) is 4.72 Å². The van der Waals surface area contributed by atoms with Crippen molar-refractivity contribution in [1.29, 1.82) is 0 Å². The average molecular weight is 449 g/mol. The van der Waals surface area contributed by atoms with Crippen molar-refractivity contribution in [3.63, 3.8) is 0 Å². The molecule has 0 bridgehead atoms. The van der Waals surface area contributed by atoms with E-state index < -0.39 is 39.0 Å². The topological polar surface area (TPSA) is 81.7 Å². The third kappa shape index (κ3) is 7.26. The molecule has 0 aliphatic heterocycles. The Hall–Kier alpha value is -2.24. The van der Waals surface area contributed by atoms with E-state index in [2.05, 4.69) is 14.2 Å². The first kappa shape index (κ1) is 23.0. The van der Waals surface area contributed by atoms with Crippen molar-refractivity contribution in [3.05, 3.63) is 60.2 Å². The lowest BCUT2D eigenvalue weighted by atomic mass is 10.2. The van der Waals surface area contributed by atoms with E-state index in [-0.39, 0.29) is 5.75 Å². The van der Waals surface area contributed by atoms with Crippen LogP contribution in [0.5, 0.6) is 5.75 Å². The molecule has 0 spiro atoms. The second kappa shape index (κ2) is 9.99. The van der Waals surface area contributed by atoms with Crippen molar-refractivity contribution >= 4 is 27.8 Å². The molecule has 1 atom stereocenters. The van der Waals surface area contributed by atoms with Crippen LogP contribution in [0.15, 0.2) is 59.5 Å². The van der Waals surface area contributed by atoms with Gasteiger partial charge in [0.15, 0.2) is 0 Å². The van der Waals surface area contributed by atoms with Crippen LogP contribution >= 0.6 is 11.8 Å². The zero-order valence-electron chi connectivity index (χ0n) is 15.2. The zero-order chi connectivity index (χ0) is 21.5. The molecule has 0 heterocycles. The molecular formula is C18H18F3NO5S2. The monoisotopic (exact) mass is 449 g/mol. The van der Waals surface area contributed by atoms with Gasteiger partial charge in [0.05, 0.1) is 7.11 Å². The lowest BCUT2D eigenvalue weighted by molar-refractivity contribution is -0.275. The fourth-order valence-corrected chi connectivity index (χ4v) is 4.71. The van der Waals surface area contributed by atoms with E-state index in [0.29, 0.717) is 5.75 Å². The van der Waals surface area contributed by atoms with E-state index in [4.69, 9.17) is 0 Å². The van der Waals surface area contributed by atoms with Crippen LogP contribution in [-0.4, -0.2) is 39.7 Å². The van der Waals surface area contributed by atoms with E-state index in [1.54, 1.807) is 0 Å². The summed E-state index contributed by atoms with van der Waals surface area (Å²) >= 11 is 1.27. The number of carbonyl (C=O) groups is 1. The van der Waals surface area contributed by atoms with E-state index in [0.717, 1.165) is 24.8 Å². The molecule has 1 unspecified atom stereocenters. The smallest absolute Gasteiger partial charge is 0.468 e. The summed E-state index contributed by atoms with van der Waals surface area (Å²) in [7, 11) is -3.41. The van der Waals surface area contributed by atoms with Crippen LogP contribution in [0.25, 0.3) is 0 Å². The summed E-state index contributed by atoms with van der Waals surface area (Å²) in [6.07, 6.45) is -5.07. The van der Waals surface area contributed by atoms with Gasteiger partial charge in [-0.1, -0.05) is 42.5 Å². The third-order valence-electron chi connectivity index (χ3n) is 3.54. The SMILES string of the molecule is COC(=O)C(CSCc1ccccc1)NS(=O)(=O)c1ccccc1OC(F)(F)F. The molecule has 0 radical (unpaired) electrons. The van der Waals surface area contributed by atoms with Crippen molar-refractivity contribution in [3.8, 4) is 5.75 Å². The lowest BCUT2D eigenvalue weighted by Gasteiger charge is -2.18. The van der Waals surface area contributed by atoms with Crippen molar-refractivity contribution in [2.45, 2.75) is 23.1 Å².